The molecule has 2 nitrogen and oxygen atoms in total. The van der Waals surface area contributed by atoms with Crippen molar-refractivity contribution in [2.45, 2.75) is 76.7 Å². The highest BCUT2D eigenvalue weighted by Crippen LogP contribution is 2.17. The number of unbranched alkanes of at least 4 members (excludes halogenated alkanes) is 4. The molecule has 0 bridgehead atoms. The van der Waals surface area contributed by atoms with E-state index in [9.17, 15) is 4.79 Å². The van der Waals surface area contributed by atoms with E-state index in [1.165, 1.54) is 51.4 Å². The first-order valence-electron chi connectivity index (χ1n) is 6.91. The van der Waals surface area contributed by atoms with E-state index in [0.717, 1.165) is 12.8 Å². The molecule has 2 heteroatoms. The summed E-state index contributed by atoms with van der Waals surface area (Å²) in [4.78, 5) is 11.6. The van der Waals surface area contributed by atoms with Gasteiger partial charge < -0.3 is 5.32 Å². The van der Waals surface area contributed by atoms with E-state index < -0.39 is 0 Å². The smallest absolute Gasteiger partial charge is 0.220 e. The molecule has 1 radical (unpaired) electrons. The average Bonchev–Trinajstić information content (AvgIpc) is 2.30. The van der Waals surface area contributed by atoms with Gasteiger partial charge in [0.1, 0.15) is 0 Å². The first-order valence-corrected chi connectivity index (χ1v) is 6.91. The monoisotopic (exact) mass is 224 g/mol. The highest BCUT2D eigenvalue weighted by molar-refractivity contribution is 5.76. The summed E-state index contributed by atoms with van der Waals surface area (Å²) in [6.07, 6.45) is 12.7. The van der Waals surface area contributed by atoms with Gasteiger partial charge in [-0.1, -0.05) is 51.9 Å². The fraction of sp³-hybridized carbons (Fsp3) is 0.857. The molecule has 0 aromatic rings. The number of amides is 1. The van der Waals surface area contributed by atoms with E-state index in [-0.39, 0.29) is 5.91 Å². The number of carbonyl (C=O) groups is 1. The van der Waals surface area contributed by atoms with Crippen molar-refractivity contribution in [2.24, 2.45) is 0 Å². The van der Waals surface area contributed by atoms with Crippen molar-refractivity contribution in [3.8, 4) is 0 Å². The Bertz CT molecular complexity index is 185. The molecule has 1 aliphatic carbocycles. The Morgan fingerprint density at radius 2 is 1.75 bits per heavy atom. The minimum atomic E-state index is 0.265. The third-order valence-corrected chi connectivity index (χ3v) is 3.37. The molecule has 1 amide bonds. The van der Waals surface area contributed by atoms with Crippen molar-refractivity contribution in [3.05, 3.63) is 6.92 Å². The highest BCUT2D eigenvalue weighted by Gasteiger charge is 2.14. The van der Waals surface area contributed by atoms with Crippen LogP contribution in [0.5, 0.6) is 0 Å². The molecule has 0 unspecified atom stereocenters. The molecule has 1 aliphatic rings. The summed E-state index contributed by atoms with van der Waals surface area (Å²) in [5, 5.41) is 3.16. The van der Waals surface area contributed by atoms with E-state index in [0.29, 0.717) is 12.5 Å². The minimum absolute atomic E-state index is 0.265. The molecule has 1 fully saturated rings. The molecule has 1 rings (SSSR count). The lowest BCUT2D eigenvalue weighted by Crippen LogP contribution is -2.35. The minimum Gasteiger partial charge on any atom is -0.353 e. The van der Waals surface area contributed by atoms with Gasteiger partial charge in [0.25, 0.3) is 0 Å². The Balaban J connectivity index is 1.97. The van der Waals surface area contributed by atoms with Crippen LogP contribution in [-0.4, -0.2) is 11.9 Å². The predicted octanol–water partition coefficient (Wildman–Crippen LogP) is 3.61. The third-order valence-electron chi connectivity index (χ3n) is 3.37. The number of hydrogen-bond acceptors (Lipinski definition) is 1. The maximum absolute atomic E-state index is 11.6. The van der Waals surface area contributed by atoms with Gasteiger partial charge in [0.15, 0.2) is 0 Å². The van der Waals surface area contributed by atoms with Crippen LogP contribution in [0.1, 0.15) is 70.6 Å². The number of carbonyl (C=O) groups excluding carboxylic acids is 1. The fourth-order valence-electron chi connectivity index (χ4n) is 2.36. The number of hydrogen-bond donors (Lipinski definition) is 1. The number of rotatable bonds is 7. The highest BCUT2D eigenvalue weighted by atomic mass is 16.1. The molecule has 1 N–H and O–H groups in total. The molecule has 0 aliphatic heterocycles. The summed E-state index contributed by atoms with van der Waals surface area (Å²) < 4.78 is 0. The van der Waals surface area contributed by atoms with Crippen LogP contribution in [0.15, 0.2) is 0 Å². The zero-order chi connectivity index (χ0) is 11.6. The summed E-state index contributed by atoms with van der Waals surface area (Å²) in [5.74, 6) is 0.265. The van der Waals surface area contributed by atoms with Crippen LogP contribution >= 0.6 is 0 Å². The first-order chi connectivity index (χ1) is 7.83. The molecule has 0 heterocycles. The molecule has 1 saturated carbocycles. The molecular formula is C14H26NO. The summed E-state index contributed by atoms with van der Waals surface area (Å²) >= 11 is 0. The van der Waals surface area contributed by atoms with Crippen molar-refractivity contribution in [3.63, 3.8) is 0 Å². The quantitative estimate of drug-likeness (QED) is 0.658. The Hall–Kier alpha value is -0.530. The molecule has 93 valence electrons. The van der Waals surface area contributed by atoms with Crippen molar-refractivity contribution >= 4 is 5.91 Å². The lowest BCUT2D eigenvalue weighted by Gasteiger charge is -2.22. The zero-order valence-electron chi connectivity index (χ0n) is 10.5. The Kier molecular flexibility index (Phi) is 7.28. The molecule has 0 spiro atoms. The van der Waals surface area contributed by atoms with Crippen molar-refractivity contribution in [2.75, 3.05) is 0 Å². The largest absolute Gasteiger partial charge is 0.353 e. The molecule has 0 saturated heterocycles. The van der Waals surface area contributed by atoms with Crippen molar-refractivity contribution in [1.29, 1.82) is 0 Å². The van der Waals surface area contributed by atoms with Crippen LogP contribution in [0, 0.1) is 6.92 Å². The summed E-state index contributed by atoms with van der Waals surface area (Å²) in [5.41, 5.74) is 0. The van der Waals surface area contributed by atoms with Crippen LogP contribution in [0.2, 0.25) is 0 Å². The number of nitrogens with one attached hydrogen (secondary N) is 1. The van der Waals surface area contributed by atoms with E-state index >= 15 is 0 Å². The van der Waals surface area contributed by atoms with Crippen LogP contribution in [0.25, 0.3) is 0 Å². The van der Waals surface area contributed by atoms with E-state index in [1.807, 2.05) is 0 Å². The van der Waals surface area contributed by atoms with Gasteiger partial charge in [-0.25, -0.2) is 0 Å². The maximum Gasteiger partial charge on any atom is 0.220 e. The van der Waals surface area contributed by atoms with E-state index in [4.69, 9.17) is 0 Å². The van der Waals surface area contributed by atoms with Crippen LogP contribution < -0.4 is 5.32 Å². The molecular weight excluding hydrogens is 198 g/mol. The van der Waals surface area contributed by atoms with Crippen LogP contribution in [0.4, 0.5) is 0 Å². The van der Waals surface area contributed by atoms with Crippen LogP contribution in [-0.2, 0) is 4.79 Å². The van der Waals surface area contributed by atoms with Gasteiger partial charge >= 0.3 is 0 Å². The van der Waals surface area contributed by atoms with Gasteiger partial charge in [-0.3, -0.25) is 4.79 Å². The van der Waals surface area contributed by atoms with E-state index in [1.54, 1.807) is 0 Å². The molecule has 0 atom stereocenters. The summed E-state index contributed by atoms with van der Waals surface area (Å²) in [7, 11) is 0. The van der Waals surface area contributed by atoms with Gasteiger partial charge in [-0.05, 0) is 19.3 Å². The Labute approximate surface area is 100 Å². The van der Waals surface area contributed by atoms with Gasteiger partial charge in [-0.15, -0.1) is 0 Å². The second kappa shape index (κ2) is 8.60. The van der Waals surface area contributed by atoms with Crippen LogP contribution in [0.3, 0.4) is 0 Å². The molecule has 0 aromatic heterocycles. The van der Waals surface area contributed by atoms with E-state index in [2.05, 4.69) is 12.2 Å². The SMILES string of the molecule is [CH2]CCCCCCC(=O)NC1CCCCC1. The van der Waals surface area contributed by atoms with Gasteiger partial charge in [-0.2, -0.15) is 0 Å². The van der Waals surface area contributed by atoms with Gasteiger partial charge in [0.05, 0.1) is 0 Å². The summed E-state index contributed by atoms with van der Waals surface area (Å²) in [6.45, 7) is 3.82. The van der Waals surface area contributed by atoms with Gasteiger partial charge in [0, 0.05) is 12.5 Å². The molecule has 0 aromatic carbocycles. The second-order valence-corrected chi connectivity index (χ2v) is 4.92. The lowest BCUT2D eigenvalue weighted by atomic mass is 9.95. The Morgan fingerprint density at radius 1 is 1.06 bits per heavy atom. The molecule has 16 heavy (non-hydrogen) atoms. The van der Waals surface area contributed by atoms with Crippen molar-refractivity contribution in [1.82, 2.24) is 5.32 Å². The normalized spacial score (nSPS) is 17.3. The lowest BCUT2D eigenvalue weighted by molar-refractivity contribution is -0.122. The third kappa shape index (κ3) is 6.14. The Morgan fingerprint density at radius 3 is 2.44 bits per heavy atom. The fourth-order valence-corrected chi connectivity index (χ4v) is 2.36. The van der Waals surface area contributed by atoms with Gasteiger partial charge in [0.2, 0.25) is 5.91 Å². The topological polar surface area (TPSA) is 29.1 Å². The summed E-state index contributed by atoms with van der Waals surface area (Å²) in [6, 6.07) is 0.473. The maximum atomic E-state index is 11.6. The standard InChI is InChI=1S/C14H26NO/c1-2-3-4-5-9-12-14(16)15-13-10-7-6-8-11-13/h13H,1-12H2,(H,15,16). The second-order valence-electron chi connectivity index (χ2n) is 4.92. The predicted molar refractivity (Wildman–Crippen MR) is 68.1 cm³/mol. The zero-order valence-corrected chi connectivity index (χ0v) is 10.5. The van der Waals surface area contributed by atoms with Crippen molar-refractivity contribution < 1.29 is 4.79 Å². The first kappa shape index (κ1) is 13.5. The average molecular weight is 224 g/mol.